The lowest BCUT2D eigenvalue weighted by Gasteiger charge is -2.54. The first kappa shape index (κ1) is 47.1. The molecule has 5 heterocycles. The Hall–Kier alpha value is -1.97. The topological polar surface area (TPSA) is 168 Å². The number of ether oxygens (including phenoxy) is 6. The molecule has 0 aromatic rings. The minimum atomic E-state index is -1.38. The molecule has 5 aliphatic rings. The monoisotopic (exact) mass is 822 g/mol. The summed E-state index contributed by atoms with van der Waals surface area (Å²) in [5, 5.41) is 23.0. The van der Waals surface area contributed by atoms with Crippen LogP contribution in [0.3, 0.4) is 0 Å². The first-order chi connectivity index (χ1) is 27.2. The van der Waals surface area contributed by atoms with E-state index in [0.717, 1.165) is 12.8 Å². The van der Waals surface area contributed by atoms with Crippen LogP contribution in [0.15, 0.2) is 12.2 Å². The van der Waals surface area contributed by atoms with Gasteiger partial charge in [0.1, 0.15) is 5.78 Å². The number of ketones is 1. The van der Waals surface area contributed by atoms with Gasteiger partial charge in [0.25, 0.3) is 0 Å². The number of hydrogen-bond donors (Lipinski definition) is 3. The minimum Gasteiger partial charge on any atom is -0.453 e. The molecule has 1 amide bonds. The van der Waals surface area contributed by atoms with Gasteiger partial charge in [0.05, 0.1) is 60.9 Å². The van der Waals surface area contributed by atoms with Crippen molar-refractivity contribution in [2.75, 3.05) is 7.11 Å². The van der Waals surface area contributed by atoms with E-state index in [-0.39, 0.29) is 59.8 Å². The van der Waals surface area contributed by atoms with E-state index < -0.39 is 64.8 Å². The fourth-order valence-corrected chi connectivity index (χ4v) is 11.0. The molecule has 58 heavy (non-hydrogen) atoms. The summed E-state index contributed by atoms with van der Waals surface area (Å²) in [7, 11) is 1.41. The van der Waals surface area contributed by atoms with Gasteiger partial charge in [-0.1, -0.05) is 55.4 Å². The van der Waals surface area contributed by atoms with Crippen LogP contribution in [0.25, 0.3) is 0 Å². The van der Waals surface area contributed by atoms with Crippen LogP contribution in [-0.2, 0) is 47.6 Å². The van der Waals surface area contributed by atoms with Crippen LogP contribution >= 0.6 is 0 Å². The molecular weight excluding hydrogens is 746 g/mol. The molecule has 0 saturated carbocycles. The average Bonchev–Trinajstić information content (AvgIpc) is 3.52. The predicted molar refractivity (Wildman–Crippen MR) is 216 cm³/mol. The molecule has 4 saturated heterocycles. The van der Waals surface area contributed by atoms with Crippen LogP contribution in [0.5, 0.6) is 0 Å². The van der Waals surface area contributed by atoms with Crippen molar-refractivity contribution in [3.8, 4) is 0 Å². The number of aliphatic hydroxyl groups excluding tert-OH is 1. The zero-order valence-corrected chi connectivity index (χ0v) is 37.3. The van der Waals surface area contributed by atoms with Crippen LogP contribution in [0.2, 0.25) is 0 Å². The van der Waals surface area contributed by atoms with E-state index >= 15 is 0 Å². The highest BCUT2D eigenvalue weighted by Crippen LogP contribution is 2.54. The summed E-state index contributed by atoms with van der Waals surface area (Å²) in [4.78, 5) is 44.7. The molecule has 5 aliphatic heterocycles. The van der Waals surface area contributed by atoms with Crippen LogP contribution in [0.4, 0.5) is 0 Å². The van der Waals surface area contributed by atoms with Crippen molar-refractivity contribution in [1.82, 2.24) is 5.48 Å². The van der Waals surface area contributed by atoms with Gasteiger partial charge >= 0.3 is 5.97 Å². The molecule has 0 aromatic carbocycles. The summed E-state index contributed by atoms with van der Waals surface area (Å²) in [6.45, 7) is 21.2. The number of carbonyl (C=O) groups excluding carboxylic acids is 3. The van der Waals surface area contributed by atoms with E-state index in [2.05, 4.69) is 26.3 Å². The first-order valence-corrected chi connectivity index (χ1v) is 22.3. The molecule has 3 N–H and O–H groups in total. The molecule has 0 radical (unpaired) electrons. The average molecular weight is 822 g/mol. The van der Waals surface area contributed by atoms with Crippen molar-refractivity contribution in [2.45, 2.75) is 206 Å². The Morgan fingerprint density at radius 2 is 1.60 bits per heavy atom. The number of aliphatic hydroxyl groups is 2. The van der Waals surface area contributed by atoms with E-state index in [4.69, 9.17) is 33.3 Å². The highest BCUT2D eigenvalue weighted by molar-refractivity contribution is 5.84. The summed E-state index contributed by atoms with van der Waals surface area (Å²) in [5.41, 5.74) is 0.754. The normalized spacial score (nSPS) is 43.0. The SMILES string of the molecule is CC[C@@H](C(=O)[C@@H](C)[C@@H](O)[C@H](C)[C@@H]1O[C@@H]([C@@H](CC)C(=O)NOC)CC[C@@H]1C)[C@H]1O[C@]2(C=C[C@@H](OC(C)=O)[C@]3(CC[C@@](C)([C@H]4CC[C@](O)(CC)[C@H](C)O4)O3)O2)[C@H](C)C[C@@H]1C. The van der Waals surface area contributed by atoms with Gasteiger partial charge in [0.2, 0.25) is 11.7 Å². The van der Waals surface area contributed by atoms with Gasteiger partial charge < -0.3 is 38.6 Å². The van der Waals surface area contributed by atoms with Crippen LogP contribution < -0.4 is 5.48 Å². The third-order valence-electron chi connectivity index (χ3n) is 14.9. The number of nitrogens with one attached hydrogen (secondary N) is 1. The van der Waals surface area contributed by atoms with Gasteiger partial charge in [-0.2, -0.15) is 0 Å². The number of hydrogen-bond acceptors (Lipinski definition) is 12. The number of amides is 1. The standard InChI is InChI=1S/C45H75NO12/c1-13-32(41(50)46-52-12)34-17-16-25(4)39(55-34)29(8)37(48)28(7)38(49)33(14-2)40-26(5)24-27(6)44(56-40)21-19-36(54-31(10)47)45(58-44)23-22-42(11,57-45)35-18-20-43(51,15-3)30(9)53-35/h19,21,25-30,32-37,39-40,48,51H,13-18,20,22-24H2,1-12H3,(H,46,50)/t25-,26-,27+,28-,29-,30-,32+,33-,34+,35+,36+,37+,39+,40-,42-,43+,44-,45-/m0/s1. The molecule has 13 nitrogen and oxygen atoms in total. The van der Waals surface area contributed by atoms with Crippen molar-refractivity contribution >= 4 is 17.7 Å². The van der Waals surface area contributed by atoms with Crippen LogP contribution in [0, 0.1) is 41.4 Å². The highest BCUT2D eigenvalue weighted by atomic mass is 16.8. The van der Waals surface area contributed by atoms with E-state index in [9.17, 15) is 24.6 Å². The number of hydroxylamine groups is 1. The van der Waals surface area contributed by atoms with Gasteiger partial charge in [0, 0.05) is 37.0 Å². The Morgan fingerprint density at radius 1 is 0.914 bits per heavy atom. The Morgan fingerprint density at radius 3 is 2.21 bits per heavy atom. The van der Waals surface area contributed by atoms with Crippen molar-refractivity contribution in [3.63, 3.8) is 0 Å². The molecule has 0 aliphatic carbocycles. The van der Waals surface area contributed by atoms with E-state index in [0.29, 0.717) is 51.4 Å². The van der Waals surface area contributed by atoms with Gasteiger partial charge in [-0.05, 0) is 95.6 Å². The molecule has 4 fully saturated rings. The van der Waals surface area contributed by atoms with Gasteiger partial charge in [-0.3, -0.25) is 19.2 Å². The number of esters is 1. The van der Waals surface area contributed by atoms with Crippen molar-refractivity contribution in [3.05, 3.63) is 12.2 Å². The minimum absolute atomic E-state index is 0.00804. The number of rotatable bonds is 14. The fourth-order valence-electron chi connectivity index (χ4n) is 11.0. The largest absolute Gasteiger partial charge is 0.453 e. The van der Waals surface area contributed by atoms with Gasteiger partial charge in [0.15, 0.2) is 11.9 Å². The second-order valence-corrected chi connectivity index (χ2v) is 18.8. The lowest BCUT2D eigenvalue weighted by atomic mass is 9.72. The van der Waals surface area contributed by atoms with Crippen molar-refractivity contribution in [2.24, 2.45) is 41.4 Å². The summed E-state index contributed by atoms with van der Waals surface area (Å²) >= 11 is 0. The van der Waals surface area contributed by atoms with Gasteiger partial charge in [-0.15, -0.1) is 0 Å². The van der Waals surface area contributed by atoms with Crippen LogP contribution in [-0.4, -0.2) is 100 Å². The summed E-state index contributed by atoms with van der Waals surface area (Å²) in [6, 6.07) is 0. The van der Waals surface area contributed by atoms with E-state index in [1.54, 1.807) is 6.92 Å². The second kappa shape index (κ2) is 18.6. The smallest absolute Gasteiger partial charge is 0.303 e. The first-order valence-electron chi connectivity index (χ1n) is 22.3. The zero-order valence-electron chi connectivity index (χ0n) is 37.3. The summed E-state index contributed by atoms with van der Waals surface area (Å²) in [6.07, 6.45) is 5.99. The van der Waals surface area contributed by atoms with Gasteiger partial charge in [-0.25, -0.2) is 5.48 Å². The maximum absolute atomic E-state index is 14.6. The second-order valence-electron chi connectivity index (χ2n) is 18.8. The Labute approximate surface area is 346 Å². The quantitative estimate of drug-likeness (QED) is 0.101. The Balaban J connectivity index is 1.35. The Kier molecular flexibility index (Phi) is 15.1. The lowest BCUT2D eigenvalue weighted by molar-refractivity contribution is -0.409. The third kappa shape index (κ3) is 9.13. The van der Waals surface area contributed by atoms with E-state index in [1.165, 1.54) is 14.0 Å². The highest BCUT2D eigenvalue weighted by Gasteiger charge is 2.64. The molecule has 5 rings (SSSR count). The molecule has 332 valence electrons. The molecule has 0 unspecified atom stereocenters. The fraction of sp³-hybridized carbons (Fsp3) is 0.889. The van der Waals surface area contributed by atoms with Crippen LogP contribution in [0.1, 0.15) is 140 Å². The molecule has 2 spiro atoms. The molecule has 13 heteroatoms. The molecular formula is C45H75NO12. The molecule has 0 bridgehead atoms. The number of carbonyl (C=O) groups is 3. The van der Waals surface area contributed by atoms with E-state index in [1.807, 2.05) is 53.7 Å². The lowest BCUT2D eigenvalue weighted by Crippen LogP contribution is -2.63. The molecule has 18 atom stereocenters. The summed E-state index contributed by atoms with van der Waals surface area (Å²) < 4.78 is 40.1. The third-order valence-corrected chi connectivity index (χ3v) is 14.9. The van der Waals surface area contributed by atoms with Crippen molar-refractivity contribution in [1.29, 1.82) is 0 Å². The Bertz CT molecular complexity index is 1480. The maximum atomic E-state index is 14.6. The predicted octanol–water partition coefficient (Wildman–Crippen LogP) is 6.35. The summed E-state index contributed by atoms with van der Waals surface area (Å²) in [5.74, 6) is -5.48. The maximum Gasteiger partial charge on any atom is 0.303 e. The molecule has 0 aromatic heterocycles. The van der Waals surface area contributed by atoms with Crippen molar-refractivity contribution < 1.29 is 57.9 Å². The number of Topliss-reactive ketones (excluding diaryl/α,β-unsaturated/α-hetero) is 1. The zero-order chi connectivity index (χ0) is 43.0.